The van der Waals surface area contributed by atoms with E-state index in [4.69, 9.17) is 14.8 Å². The van der Waals surface area contributed by atoms with E-state index >= 15 is 4.39 Å². The number of carbonyl (C=O) groups excluding carboxylic acids is 1. The van der Waals surface area contributed by atoms with Crippen LogP contribution in [-0.2, 0) is 18.4 Å². The van der Waals surface area contributed by atoms with Crippen LogP contribution in [0.3, 0.4) is 0 Å². The average molecular weight is 627 g/mol. The second kappa shape index (κ2) is 11.2. The predicted octanol–water partition coefficient (Wildman–Crippen LogP) is 6.12. The number of nitrogens with zero attached hydrogens (tertiary/aromatic N) is 6. The fourth-order valence-electron chi connectivity index (χ4n) is 6.01. The number of hydrogen-bond donors (Lipinski definition) is 1. The van der Waals surface area contributed by atoms with Crippen LogP contribution in [0.2, 0.25) is 0 Å². The third-order valence-electron chi connectivity index (χ3n) is 7.92. The number of aromatic nitrogens is 5. The standard InChI is InChI=1S/C33H28F2N6O3S/c1-4-28(43)40-15-18(2)41-22(17-40)14-26(38-41)32-30(29-24(35)12-21(34)13-27(29)44-9-8-42)33-23(7-10-45-33)31(36-32)19-5-6-20-16-39(3)37-25(20)11-19/h4-7,10-14,16,18,42H,1,8-9,15,17H2,2-3H3/t18-/m0/s1. The van der Waals surface area contributed by atoms with Crippen molar-refractivity contribution in [2.75, 3.05) is 19.8 Å². The summed E-state index contributed by atoms with van der Waals surface area (Å²) in [5.74, 6) is -1.87. The molecule has 5 heterocycles. The van der Waals surface area contributed by atoms with E-state index in [2.05, 4.69) is 11.7 Å². The Kier molecular flexibility index (Phi) is 7.17. The molecule has 1 N–H and O–H groups in total. The van der Waals surface area contributed by atoms with Gasteiger partial charge in [-0.2, -0.15) is 10.2 Å². The predicted molar refractivity (Wildman–Crippen MR) is 169 cm³/mol. The maximum atomic E-state index is 15.9. The van der Waals surface area contributed by atoms with Crippen LogP contribution < -0.4 is 4.74 Å². The van der Waals surface area contributed by atoms with Crippen LogP contribution >= 0.6 is 11.3 Å². The molecule has 0 saturated heterocycles. The van der Waals surface area contributed by atoms with Crippen molar-refractivity contribution in [1.29, 1.82) is 0 Å². The first kappa shape index (κ1) is 28.8. The summed E-state index contributed by atoms with van der Waals surface area (Å²) in [5.41, 5.74) is 4.31. The summed E-state index contributed by atoms with van der Waals surface area (Å²) in [4.78, 5) is 19.4. The molecule has 0 radical (unpaired) electrons. The number of benzene rings is 2. The number of amides is 1. The number of aryl methyl sites for hydroxylation is 1. The van der Waals surface area contributed by atoms with Gasteiger partial charge in [0.15, 0.2) is 0 Å². The molecule has 9 nitrogen and oxygen atoms in total. The van der Waals surface area contributed by atoms with Gasteiger partial charge in [-0.25, -0.2) is 13.8 Å². The number of ether oxygens (including phenoxy) is 1. The second-order valence-electron chi connectivity index (χ2n) is 11.0. The van der Waals surface area contributed by atoms with Crippen molar-refractivity contribution < 1.29 is 23.4 Å². The van der Waals surface area contributed by atoms with Gasteiger partial charge in [-0.05, 0) is 36.6 Å². The summed E-state index contributed by atoms with van der Waals surface area (Å²) in [5, 5.41) is 22.6. The third kappa shape index (κ3) is 4.95. The molecule has 0 unspecified atom stereocenters. The van der Waals surface area contributed by atoms with E-state index < -0.39 is 11.6 Å². The third-order valence-corrected chi connectivity index (χ3v) is 8.85. The van der Waals surface area contributed by atoms with Crippen LogP contribution in [0.4, 0.5) is 8.78 Å². The molecule has 1 aliphatic heterocycles. The van der Waals surface area contributed by atoms with Gasteiger partial charge in [0.1, 0.15) is 35.4 Å². The smallest absolute Gasteiger partial charge is 0.246 e. The number of hydrogen-bond acceptors (Lipinski definition) is 7. The van der Waals surface area contributed by atoms with Crippen LogP contribution in [-0.4, -0.2) is 60.2 Å². The second-order valence-corrected chi connectivity index (χ2v) is 11.9. The first-order valence-corrected chi connectivity index (χ1v) is 15.2. The molecule has 1 amide bonds. The average Bonchev–Trinajstić information content (AvgIpc) is 3.76. The zero-order valence-corrected chi connectivity index (χ0v) is 25.3. The first-order chi connectivity index (χ1) is 21.7. The van der Waals surface area contributed by atoms with Crippen LogP contribution in [0, 0.1) is 11.6 Å². The van der Waals surface area contributed by atoms with Crippen molar-refractivity contribution in [1.82, 2.24) is 29.4 Å². The molecule has 0 bridgehead atoms. The molecule has 0 fully saturated rings. The van der Waals surface area contributed by atoms with Crippen LogP contribution in [0.1, 0.15) is 18.7 Å². The zero-order chi connectivity index (χ0) is 31.4. The van der Waals surface area contributed by atoms with E-state index in [9.17, 15) is 14.3 Å². The maximum Gasteiger partial charge on any atom is 0.246 e. The van der Waals surface area contributed by atoms with Crippen LogP contribution in [0.25, 0.3) is 54.8 Å². The van der Waals surface area contributed by atoms with Gasteiger partial charge in [-0.3, -0.25) is 14.2 Å². The van der Waals surface area contributed by atoms with Gasteiger partial charge in [-0.1, -0.05) is 18.7 Å². The summed E-state index contributed by atoms with van der Waals surface area (Å²) in [6.07, 6.45) is 3.23. The molecule has 7 rings (SSSR count). The molecule has 1 atom stereocenters. The molecule has 228 valence electrons. The summed E-state index contributed by atoms with van der Waals surface area (Å²) < 4.78 is 40.4. The van der Waals surface area contributed by atoms with Crippen molar-refractivity contribution in [3.8, 4) is 39.5 Å². The molecule has 45 heavy (non-hydrogen) atoms. The van der Waals surface area contributed by atoms with Crippen molar-refractivity contribution >= 4 is 38.2 Å². The maximum absolute atomic E-state index is 15.9. The summed E-state index contributed by atoms with van der Waals surface area (Å²) in [6, 6.07) is 11.5. The van der Waals surface area contributed by atoms with Gasteiger partial charge >= 0.3 is 0 Å². The summed E-state index contributed by atoms with van der Waals surface area (Å²) in [6.45, 7) is 5.86. The van der Waals surface area contributed by atoms with Crippen molar-refractivity contribution in [2.24, 2.45) is 7.05 Å². The Morgan fingerprint density at radius 2 is 2.00 bits per heavy atom. The van der Waals surface area contributed by atoms with E-state index in [0.29, 0.717) is 40.4 Å². The number of thiophene rings is 1. The van der Waals surface area contributed by atoms with Crippen molar-refractivity contribution in [3.05, 3.63) is 84.0 Å². The number of pyridine rings is 1. The number of aliphatic hydroxyl groups is 1. The minimum absolute atomic E-state index is 0.0222. The fraction of sp³-hybridized carbons (Fsp3) is 0.212. The van der Waals surface area contributed by atoms with Crippen LogP contribution in [0.15, 0.2) is 66.7 Å². The molecule has 6 aromatic rings. The lowest BCUT2D eigenvalue weighted by molar-refractivity contribution is -0.127. The Bertz CT molecular complexity index is 2130. The molecule has 0 aliphatic carbocycles. The lowest BCUT2D eigenvalue weighted by atomic mass is 9.96. The Morgan fingerprint density at radius 1 is 1.16 bits per heavy atom. The molecule has 1 aliphatic rings. The lowest BCUT2D eigenvalue weighted by Crippen LogP contribution is -2.39. The van der Waals surface area contributed by atoms with E-state index in [1.807, 2.05) is 60.6 Å². The largest absolute Gasteiger partial charge is 0.490 e. The normalized spacial score (nSPS) is 14.7. The Labute approximate surface area is 260 Å². The fourth-order valence-corrected chi connectivity index (χ4v) is 6.96. The minimum atomic E-state index is -0.830. The highest BCUT2D eigenvalue weighted by atomic mass is 32.1. The first-order valence-electron chi connectivity index (χ1n) is 14.3. The molecule has 0 saturated carbocycles. The summed E-state index contributed by atoms with van der Waals surface area (Å²) in [7, 11) is 1.86. The Balaban J connectivity index is 1.51. The Hall–Kier alpha value is -4.94. The molecule has 0 spiro atoms. The van der Waals surface area contributed by atoms with Gasteiger partial charge in [0.25, 0.3) is 0 Å². The highest BCUT2D eigenvalue weighted by Crippen LogP contribution is 2.47. The Morgan fingerprint density at radius 3 is 2.80 bits per heavy atom. The van der Waals surface area contributed by atoms with Gasteiger partial charge in [0, 0.05) is 58.5 Å². The molecular weight excluding hydrogens is 598 g/mol. The van der Waals surface area contributed by atoms with Crippen molar-refractivity contribution in [2.45, 2.75) is 19.5 Å². The van der Waals surface area contributed by atoms with E-state index in [-0.39, 0.29) is 36.5 Å². The number of halogens is 2. The molecule has 4 aromatic heterocycles. The highest BCUT2D eigenvalue weighted by Gasteiger charge is 2.30. The summed E-state index contributed by atoms with van der Waals surface area (Å²) >= 11 is 1.40. The van der Waals surface area contributed by atoms with Gasteiger partial charge in [0.2, 0.25) is 5.91 Å². The quantitative estimate of drug-likeness (QED) is 0.215. The molecular formula is C33H28F2N6O3S. The van der Waals surface area contributed by atoms with Gasteiger partial charge in [0.05, 0.1) is 41.7 Å². The molecule has 2 aromatic carbocycles. The monoisotopic (exact) mass is 626 g/mol. The van der Waals surface area contributed by atoms with E-state index in [1.165, 1.54) is 17.4 Å². The van der Waals surface area contributed by atoms with E-state index in [0.717, 1.165) is 39.7 Å². The number of aliphatic hydroxyl groups excluding tert-OH is 1. The van der Waals surface area contributed by atoms with Crippen LogP contribution in [0.5, 0.6) is 5.75 Å². The van der Waals surface area contributed by atoms with Crippen molar-refractivity contribution in [3.63, 3.8) is 0 Å². The number of rotatable bonds is 7. The topological polar surface area (TPSA) is 98.3 Å². The van der Waals surface area contributed by atoms with Gasteiger partial charge < -0.3 is 14.7 Å². The lowest BCUT2D eigenvalue weighted by Gasteiger charge is -2.31. The molecule has 12 heteroatoms. The van der Waals surface area contributed by atoms with E-state index in [1.54, 1.807) is 9.58 Å². The minimum Gasteiger partial charge on any atom is -0.490 e. The highest BCUT2D eigenvalue weighted by molar-refractivity contribution is 7.18. The SMILES string of the molecule is C=CC(=O)N1Cc2cc(-c3nc(-c4ccc5cn(C)nc5c4)c4ccsc4c3-c3c(F)cc(F)cc3OCCO)nn2[C@@H](C)C1. The van der Waals surface area contributed by atoms with Gasteiger partial charge in [-0.15, -0.1) is 11.3 Å². The number of fused-ring (bicyclic) bond motifs is 3. The number of carbonyl (C=O) groups is 1. The zero-order valence-electron chi connectivity index (χ0n) is 24.5.